The Morgan fingerprint density at radius 1 is 1.11 bits per heavy atom. The van der Waals surface area contributed by atoms with Crippen LogP contribution in [0.1, 0.15) is 53.3 Å². The summed E-state index contributed by atoms with van der Waals surface area (Å²) in [5.41, 5.74) is 3.99. The number of anilines is 1. The highest BCUT2D eigenvalue weighted by atomic mass is 16.5. The van der Waals surface area contributed by atoms with Crippen molar-refractivity contribution in [1.29, 1.82) is 5.41 Å². The zero-order valence-corrected chi connectivity index (χ0v) is 20.7. The van der Waals surface area contributed by atoms with Crippen molar-refractivity contribution in [2.24, 2.45) is 0 Å². The molecule has 2 fully saturated rings. The number of aryl methyl sites for hydroxylation is 1. The van der Waals surface area contributed by atoms with E-state index in [9.17, 15) is 4.79 Å². The number of piperidine rings is 1. The average molecular weight is 483 g/mol. The number of nitrogens with zero attached hydrogens (tertiary/aromatic N) is 5. The summed E-state index contributed by atoms with van der Waals surface area (Å²) in [7, 11) is 1.62. The molecule has 0 spiro atoms. The number of benzene rings is 2. The molecular weight excluding hydrogens is 452 g/mol. The first-order valence-corrected chi connectivity index (χ1v) is 12.6. The van der Waals surface area contributed by atoms with E-state index >= 15 is 0 Å². The van der Waals surface area contributed by atoms with Crippen molar-refractivity contribution in [3.05, 3.63) is 65.5 Å². The Balaban J connectivity index is 1.36. The lowest BCUT2D eigenvalue weighted by Crippen LogP contribution is -2.38. The molecule has 2 aromatic carbocycles. The van der Waals surface area contributed by atoms with Crippen molar-refractivity contribution in [3.8, 4) is 5.75 Å². The van der Waals surface area contributed by atoms with E-state index in [1.54, 1.807) is 7.11 Å². The highest BCUT2D eigenvalue weighted by Crippen LogP contribution is 2.35. The van der Waals surface area contributed by atoms with Gasteiger partial charge in [0.05, 0.1) is 31.0 Å². The second-order valence-electron chi connectivity index (χ2n) is 9.80. The van der Waals surface area contributed by atoms with Gasteiger partial charge in [-0.15, -0.1) is 0 Å². The van der Waals surface area contributed by atoms with Crippen LogP contribution in [-0.4, -0.2) is 57.9 Å². The lowest BCUT2D eigenvalue weighted by molar-refractivity contribution is 0.0602. The van der Waals surface area contributed by atoms with Crippen LogP contribution in [0, 0.1) is 12.3 Å². The van der Waals surface area contributed by atoms with Gasteiger partial charge in [-0.25, -0.2) is 9.50 Å². The first kappa shape index (κ1) is 22.5. The zero-order chi connectivity index (χ0) is 24.8. The number of aromatic nitrogens is 3. The van der Waals surface area contributed by atoms with Crippen LogP contribution in [0.25, 0.3) is 16.4 Å². The Morgan fingerprint density at radius 3 is 2.67 bits per heavy atom. The predicted molar refractivity (Wildman–Crippen MR) is 140 cm³/mol. The Kier molecular flexibility index (Phi) is 5.59. The maximum Gasteiger partial charge on any atom is 0.258 e. The third-order valence-electron chi connectivity index (χ3n) is 7.39. The fraction of sp³-hybridized carbons (Fsp3) is 0.357. The molecule has 184 valence electrons. The highest BCUT2D eigenvalue weighted by molar-refractivity contribution is 6.02. The van der Waals surface area contributed by atoms with E-state index in [1.165, 1.54) is 0 Å². The van der Waals surface area contributed by atoms with Gasteiger partial charge in [-0.3, -0.25) is 4.79 Å². The van der Waals surface area contributed by atoms with Gasteiger partial charge in [-0.1, -0.05) is 24.3 Å². The number of hydrogen-bond donors (Lipinski definition) is 1. The van der Waals surface area contributed by atoms with Crippen LogP contribution in [-0.2, 0) is 0 Å². The van der Waals surface area contributed by atoms with Gasteiger partial charge in [0.1, 0.15) is 11.6 Å². The fourth-order valence-electron chi connectivity index (χ4n) is 5.53. The summed E-state index contributed by atoms with van der Waals surface area (Å²) in [6.45, 7) is 4.17. The molecular formula is C28H30N6O2. The van der Waals surface area contributed by atoms with Crippen molar-refractivity contribution >= 4 is 33.9 Å². The van der Waals surface area contributed by atoms with Crippen molar-refractivity contribution < 1.29 is 9.53 Å². The van der Waals surface area contributed by atoms with Crippen LogP contribution in [0.2, 0.25) is 0 Å². The second-order valence-corrected chi connectivity index (χ2v) is 9.80. The van der Waals surface area contributed by atoms with Crippen LogP contribution in [0.15, 0.2) is 48.7 Å². The standard InChI is InChI=1S/C28H30N6O2/c1-18-16-34-26(30-27(18)32-12-10-21(29)17-32)15-23(31-34)24-9-5-6-11-33(24)28(35)22-13-19-7-3-4-8-20(19)14-25(22)36-2/h3-4,7-8,13-16,24,29H,5-6,9-12,17H2,1-2H3/t24-/m0/s1. The number of methoxy groups -OCH3 is 1. The first-order chi connectivity index (χ1) is 17.5. The Morgan fingerprint density at radius 2 is 1.92 bits per heavy atom. The number of amides is 1. The number of rotatable bonds is 4. The second kappa shape index (κ2) is 8.93. The topological polar surface area (TPSA) is 86.8 Å². The molecule has 0 bridgehead atoms. The summed E-state index contributed by atoms with van der Waals surface area (Å²) in [4.78, 5) is 22.9. The summed E-state index contributed by atoms with van der Waals surface area (Å²) >= 11 is 0. The average Bonchev–Trinajstić information content (AvgIpc) is 3.52. The first-order valence-electron chi connectivity index (χ1n) is 12.6. The number of hydrogen-bond acceptors (Lipinski definition) is 6. The number of nitrogens with one attached hydrogen (secondary N) is 1. The smallest absolute Gasteiger partial charge is 0.258 e. The molecule has 0 radical (unpaired) electrons. The van der Waals surface area contributed by atoms with E-state index in [1.807, 2.05) is 65.0 Å². The van der Waals surface area contributed by atoms with Crippen LogP contribution in [0.3, 0.4) is 0 Å². The number of likely N-dealkylation sites (tertiary alicyclic amines) is 1. The lowest BCUT2D eigenvalue weighted by atomic mass is 9.97. The Bertz CT molecular complexity index is 1490. The maximum absolute atomic E-state index is 13.9. The minimum atomic E-state index is -0.118. The quantitative estimate of drug-likeness (QED) is 0.452. The van der Waals surface area contributed by atoms with E-state index in [-0.39, 0.29) is 11.9 Å². The fourth-order valence-corrected chi connectivity index (χ4v) is 5.53. The Labute approximate surface area is 210 Å². The largest absolute Gasteiger partial charge is 0.496 e. The van der Waals surface area contributed by atoms with Gasteiger partial charge < -0.3 is 19.9 Å². The van der Waals surface area contributed by atoms with Crippen molar-refractivity contribution in [2.45, 2.75) is 38.6 Å². The molecule has 36 heavy (non-hydrogen) atoms. The van der Waals surface area contributed by atoms with Crippen molar-refractivity contribution in [2.75, 3.05) is 31.6 Å². The summed E-state index contributed by atoms with van der Waals surface area (Å²) < 4.78 is 7.46. The third kappa shape index (κ3) is 3.86. The monoisotopic (exact) mass is 482 g/mol. The molecule has 1 N–H and O–H groups in total. The molecule has 1 atom stereocenters. The molecule has 6 rings (SSSR count). The van der Waals surface area contributed by atoms with Crippen LogP contribution in [0.5, 0.6) is 5.75 Å². The summed E-state index contributed by atoms with van der Waals surface area (Å²) in [5.74, 6) is 1.48. The SMILES string of the molecule is COc1cc2ccccc2cc1C(=O)N1CCCC[C@H]1c1cc2nc(N3CCC(=N)C3)c(C)cn2n1. The van der Waals surface area contributed by atoms with E-state index < -0.39 is 0 Å². The highest BCUT2D eigenvalue weighted by Gasteiger charge is 2.32. The van der Waals surface area contributed by atoms with Crippen LogP contribution < -0.4 is 9.64 Å². The summed E-state index contributed by atoms with van der Waals surface area (Å²) in [6.07, 6.45) is 5.66. The van der Waals surface area contributed by atoms with Gasteiger partial charge in [0.25, 0.3) is 5.91 Å². The molecule has 8 heteroatoms. The zero-order valence-electron chi connectivity index (χ0n) is 20.7. The number of carbonyl (C=O) groups excluding carboxylic acids is 1. The number of fused-ring (bicyclic) bond motifs is 2. The molecule has 8 nitrogen and oxygen atoms in total. The molecule has 2 aliphatic rings. The number of carbonyl (C=O) groups is 1. The van der Waals surface area contributed by atoms with Crippen LogP contribution in [0.4, 0.5) is 5.82 Å². The maximum atomic E-state index is 13.9. The molecule has 0 aliphatic carbocycles. The van der Waals surface area contributed by atoms with Crippen molar-refractivity contribution in [3.63, 3.8) is 0 Å². The van der Waals surface area contributed by atoms with Gasteiger partial charge in [0.2, 0.25) is 0 Å². The van der Waals surface area contributed by atoms with E-state index in [2.05, 4.69) is 4.90 Å². The van der Waals surface area contributed by atoms with Crippen molar-refractivity contribution in [1.82, 2.24) is 19.5 Å². The van der Waals surface area contributed by atoms with Gasteiger partial charge in [-0.2, -0.15) is 5.10 Å². The Hall–Kier alpha value is -3.94. The van der Waals surface area contributed by atoms with Gasteiger partial charge in [0.15, 0.2) is 5.65 Å². The molecule has 2 aromatic heterocycles. The van der Waals surface area contributed by atoms with Gasteiger partial charge >= 0.3 is 0 Å². The molecule has 0 saturated carbocycles. The normalized spacial score (nSPS) is 18.4. The molecule has 1 amide bonds. The molecule has 0 unspecified atom stereocenters. The minimum absolute atomic E-state index is 0.0280. The van der Waals surface area contributed by atoms with E-state index in [0.717, 1.165) is 71.4 Å². The van der Waals surface area contributed by atoms with Crippen LogP contribution >= 0.6 is 0 Å². The molecule has 2 saturated heterocycles. The third-order valence-corrected chi connectivity index (χ3v) is 7.39. The number of ether oxygens (including phenoxy) is 1. The molecule has 4 heterocycles. The predicted octanol–water partition coefficient (Wildman–Crippen LogP) is 4.80. The summed E-state index contributed by atoms with van der Waals surface area (Å²) in [6, 6.07) is 13.8. The van der Waals surface area contributed by atoms with E-state index in [0.29, 0.717) is 24.4 Å². The molecule has 2 aliphatic heterocycles. The van der Waals surface area contributed by atoms with E-state index in [4.69, 9.17) is 20.2 Å². The minimum Gasteiger partial charge on any atom is -0.496 e. The van der Waals surface area contributed by atoms with Gasteiger partial charge in [-0.05, 0) is 49.1 Å². The van der Waals surface area contributed by atoms with Gasteiger partial charge in [0, 0.05) is 43.0 Å². The lowest BCUT2D eigenvalue weighted by Gasteiger charge is -2.35. The molecule has 4 aromatic rings. The summed E-state index contributed by atoms with van der Waals surface area (Å²) in [5, 5.41) is 14.9.